The molecule has 0 unspecified atom stereocenters. The summed E-state index contributed by atoms with van der Waals surface area (Å²) in [5, 5.41) is 0. The van der Waals surface area contributed by atoms with Crippen LogP contribution >= 0.6 is 0 Å². The van der Waals surface area contributed by atoms with Gasteiger partial charge in [0.25, 0.3) is 0 Å². The number of hydrogen-bond donors (Lipinski definition) is 0. The summed E-state index contributed by atoms with van der Waals surface area (Å²) in [6, 6.07) is 17.0. The Morgan fingerprint density at radius 3 is 1.39 bits per heavy atom. The number of Topliss-reactive ketones (excluding diaryl/α,β-unsaturated/α-hetero) is 1. The molecule has 0 radical (unpaired) electrons. The molecule has 5 heteroatoms. The lowest BCUT2D eigenvalue weighted by molar-refractivity contribution is -0.121. The molecule has 0 amide bonds. The Morgan fingerprint density at radius 2 is 1.07 bits per heavy atom. The Morgan fingerprint density at radius 1 is 0.714 bits per heavy atom. The molecule has 0 aliphatic rings. The molecule has 0 N–H and O–H groups in total. The van der Waals surface area contributed by atoms with Crippen LogP contribution < -0.4 is 0 Å². The summed E-state index contributed by atoms with van der Waals surface area (Å²) in [6.07, 6.45) is 1.14. The maximum absolute atomic E-state index is 12.3. The van der Waals surface area contributed by atoms with Crippen molar-refractivity contribution in [3.8, 4) is 0 Å². The zero-order chi connectivity index (χ0) is 20.4. The summed E-state index contributed by atoms with van der Waals surface area (Å²) in [4.78, 5) is 36.6. The fraction of sp³-hybridized carbons (Fsp3) is 0.174. The Kier molecular flexibility index (Phi) is 7.91. The van der Waals surface area contributed by atoms with Crippen LogP contribution in [0.1, 0.15) is 33.6 Å². The fourth-order valence-electron chi connectivity index (χ4n) is 2.44. The molecule has 0 bridgehead atoms. The number of ether oxygens (including phenoxy) is 2. The van der Waals surface area contributed by atoms with E-state index in [4.69, 9.17) is 9.47 Å². The Bertz CT molecular complexity index is 757. The quantitative estimate of drug-likeness (QED) is 0.459. The molecular weight excluding hydrogens is 356 g/mol. The normalized spacial score (nSPS) is 12.3. The second-order valence-corrected chi connectivity index (χ2v) is 6.04. The van der Waals surface area contributed by atoms with Crippen molar-refractivity contribution in [1.29, 1.82) is 0 Å². The zero-order valence-corrected chi connectivity index (χ0v) is 15.5. The monoisotopic (exact) mass is 378 g/mol. The van der Waals surface area contributed by atoms with E-state index in [0.29, 0.717) is 11.1 Å². The van der Waals surface area contributed by atoms with E-state index in [9.17, 15) is 14.4 Å². The Balaban J connectivity index is 1.89. The predicted molar refractivity (Wildman–Crippen MR) is 106 cm³/mol. The van der Waals surface area contributed by atoms with Crippen molar-refractivity contribution < 1.29 is 23.9 Å². The number of rotatable bonds is 10. The van der Waals surface area contributed by atoms with Crippen molar-refractivity contribution in [2.75, 3.05) is 0 Å². The van der Waals surface area contributed by atoms with Gasteiger partial charge in [0.15, 0.2) is 0 Å². The smallest absolute Gasteiger partial charge is 0.338 e. The van der Waals surface area contributed by atoms with Gasteiger partial charge in [-0.15, -0.1) is 0 Å². The number of benzene rings is 2. The maximum atomic E-state index is 12.3. The van der Waals surface area contributed by atoms with Gasteiger partial charge in [0.1, 0.15) is 18.0 Å². The van der Waals surface area contributed by atoms with Gasteiger partial charge >= 0.3 is 11.9 Å². The molecule has 0 aliphatic heterocycles. The molecule has 2 atom stereocenters. The fourth-order valence-corrected chi connectivity index (χ4v) is 2.44. The van der Waals surface area contributed by atoms with E-state index in [2.05, 4.69) is 13.2 Å². The molecule has 2 aromatic carbocycles. The molecule has 0 spiro atoms. The average molecular weight is 378 g/mol. The molecule has 2 rings (SSSR count). The summed E-state index contributed by atoms with van der Waals surface area (Å²) >= 11 is 0. The Hall–Kier alpha value is -3.47. The van der Waals surface area contributed by atoms with E-state index in [0.717, 1.165) is 0 Å². The van der Waals surface area contributed by atoms with Crippen LogP contribution in [0.2, 0.25) is 0 Å². The lowest BCUT2D eigenvalue weighted by Gasteiger charge is -2.16. The highest BCUT2D eigenvalue weighted by molar-refractivity contribution is 5.90. The van der Waals surface area contributed by atoms with Crippen LogP contribution in [0.25, 0.3) is 0 Å². The van der Waals surface area contributed by atoms with Crippen LogP contribution in [0.5, 0.6) is 0 Å². The van der Waals surface area contributed by atoms with Gasteiger partial charge < -0.3 is 9.47 Å². The molecule has 0 aromatic heterocycles. The van der Waals surface area contributed by atoms with Crippen molar-refractivity contribution in [1.82, 2.24) is 0 Å². The van der Waals surface area contributed by atoms with Gasteiger partial charge in [-0.05, 0) is 24.3 Å². The number of esters is 2. The van der Waals surface area contributed by atoms with E-state index in [1.54, 1.807) is 60.7 Å². The number of hydrogen-bond acceptors (Lipinski definition) is 5. The summed E-state index contributed by atoms with van der Waals surface area (Å²) < 4.78 is 10.6. The van der Waals surface area contributed by atoms with Crippen molar-refractivity contribution in [3.05, 3.63) is 97.1 Å². The molecule has 2 aromatic rings. The van der Waals surface area contributed by atoms with Crippen LogP contribution in [0, 0.1) is 0 Å². The number of ketones is 1. The summed E-state index contributed by atoms with van der Waals surface area (Å²) in [5.74, 6) is -1.31. The van der Waals surface area contributed by atoms with Crippen molar-refractivity contribution in [3.63, 3.8) is 0 Å². The second-order valence-electron chi connectivity index (χ2n) is 6.04. The van der Waals surface area contributed by atoms with Gasteiger partial charge in [0.05, 0.1) is 11.1 Å². The van der Waals surface area contributed by atoms with E-state index < -0.39 is 24.1 Å². The first-order valence-electron chi connectivity index (χ1n) is 8.82. The third kappa shape index (κ3) is 6.36. The lowest BCUT2D eigenvalue weighted by atomic mass is 10.1. The highest BCUT2D eigenvalue weighted by Gasteiger charge is 2.21. The molecule has 0 saturated carbocycles. The summed E-state index contributed by atoms with van der Waals surface area (Å²) in [7, 11) is 0. The minimum absolute atomic E-state index is 0.0602. The third-order valence-electron chi connectivity index (χ3n) is 3.92. The molecule has 144 valence electrons. The first-order valence-corrected chi connectivity index (χ1v) is 8.82. The lowest BCUT2D eigenvalue weighted by Crippen LogP contribution is -2.24. The number of carbonyl (C=O) groups is 3. The van der Waals surface area contributed by atoms with Crippen molar-refractivity contribution in [2.24, 2.45) is 0 Å². The zero-order valence-electron chi connectivity index (χ0n) is 15.5. The van der Waals surface area contributed by atoms with Crippen LogP contribution in [0.4, 0.5) is 0 Å². The first kappa shape index (κ1) is 20.8. The third-order valence-corrected chi connectivity index (χ3v) is 3.92. The van der Waals surface area contributed by atoms with Crippen LogP contribution in [0.15, 0.2) is 86.0 Å². The van der Waals surface area contributed by atoms with E-state index in [1.807, 2.05) is 0 Å². The predicted octanol–water partition coefficient (Wildman–Crippen LogP) is 4.16. The molecule has 28 heavy (non-hydrogen) atoms. The standard InChI is InChI=1S/C23H22O5/c1-3-20(27-22(25)17-11-7-5-8-12-17)15-19(24)16-21(4-2)28-23(26)18-13-9-6-10-14-18/h3-14,20-21H,1-2,15-16H2/t20-,21-/m0/s1. The van der Waals surface area contributed by atoms with Gasteiger partial charge in [0.2, 0.25) is 0 Å². The van der Waals surface area contributed by atoms with Gasteiger partial charge in [0, 0.05) is 12.8 Å². The van der Waals surface area contributed by atoms with Crippen LogP contribution in [-0.2, 0) is 14.3 Å². The molecular formula is C23H22O5. The van der Waals surface area contributed by atoms with E-state index >= 15 is 0 Å². The highest BCUT2D eigenvalue weighted by atomic mass is 16.5. The van der Waals surface area contributed by atoms with E-state index in [-0.39, 0.29) is 18.6 Å². The topological polar surface area (TPSA) is 69.7 Å². The minimum Gasteiger partial charge on any atom is -0.454 e. The summed E-state index contributed by atoms with van der Waals surface area (Å²) in [6.45, 7) is 7.23. The van der Waals surface area contributed by atoms with Crippen LogP contribution in [0.3, 0.4) is 0 Å². The van der Waals surface area contributed by atoms with Gasteiger partial charge in [-0.3, -0.25) is 4.79 Å². The highest BCUT2D eigenvalue weighted by Crippen LogP contribution is 2.13. The molecule has 0 heterocycles. The van der Waals surface area contributed by atoms with Crippen LogP contribution in [-0.4, -0.2) is 29.9 Å². The van der Waals surface area contributed by atoms with E-state index in [1.165, 1.54) is 12.2 Å². The SMILES string of the molecule is C=C[C@@H](CC(=O)C[C@H](C=C)OC(=O)c1ccccc1)OC(=O)c1ccccc1. The average Bonchev–Trinajstić information content (AvgIpc) is 2.73. The van der Waals surface area contributed by atoms with Crippen molar-refractivity contribution in [2.45, 2.75) is 25.0 Å². The molecule has 0 aliphatic carbocycles. The van der Waals surface area contributed by atoms with Gasteiger partial charge in [-0.25, -0.2) is 9.59 Å². The van der Waals surface area contributed by atoms with Gasteiger partial charge in [-0.1, -0.05) is 61.7 Å². The second kappa shape index (κ2) is 10.6. The summed E-state index contributed by atoms with van der Waals surface area (Å²) in [5.41, 5.74) is 0.783. The first-order chi connectivity index (χ1) is 13.5. The Labute approximate surface area is 164 Å². The number of carbonyl (C=O) groups excluding carboxylic acids is 3. The van der Waals surface area contributed by atoms with Gasteiger partial charge in [-0.2, -0.15) is 0 Å². The molecule has 0 fully saturated rings. The molecule has 0 saturated heterocycles. The van der Waals surface area contributed by atoms with Crippen molar-refractivity contribution >= 4 is 17.7 Å². The minimum atomic E-state index is -0.768. The maximum Gasteiger partial charge on any atom is 0.338 e. The largest absolute Gasteiger partial charge is 0.454 e. The molecule has 5 nitrogen and oxygen atoms in total.